The lowest BCUT2D eigenvalue weighted by Gasteiger charge is -1.99. The number of aromatic nitrogens is 3. The number of hydrogen-bond acceptors (Lipinski definition) is 5. The van der Waals surface area contributed by atoms with Crippen molar-refractivity contribution in [3.05, 3.63) is 66.2 Å². The molecule has 0 aliphatic carbocycles. The van der Waals surface area contributed by atoms with Crippen LogP contribution in [0.4, 0.5) is 0 Å². The molecule has 0 saturated carbocycles. The molecule has 3 aromatic rings. The maximum Gasteiger partial charge on any atom is 0.271 e. The highest BCUT2D eigenvalue weighted by atomic mass is 16.2. The van der Waals surface area contributed by atoms with Crippen molar-refractivity contribution in [1.29, 1.82) is 0 Å². The first kappa shape index (κ1) is 12.9. The second-order valence-corrected chi connectivity index (χ2v) is 4.24. The summed E-state index contributed by atoms with van der Waals surface area (Å²) < 4.78 is 0. The Morgan fingerprint density at radius 1 is 1.00 bits per heavy atom. The molecule has 1 N–H and O–H groups in total. The maximum absolute atomic E-state index is 11.8. The third-order valence-electron chi connectivity index (χ3n) is 2.82. The predicted molar refractivity (Wildman–Crippen MR) is 78.8 cm³/mol. The molecule has 102 valence electrons. The average Bonchev–Trinajstić information content (AvgIpc) is 2.55. The SMILES string of the molecule is O=C(N/N=C\c1ccc2nccnc2c1)c1ccncc1. The Morgan fingerprint density at radius 3 is 2.57 bits per heavy atom. The topological polar surface area (TPSA) is 80.1 Å². The first-order valence-electron chi connectivity index (χ1n) is 6.27. The highest BCUT2D eigenvalue weighted by molar-refractivity contribution is 5.95. The van der Waals surface area contributed by atoms with Gasteiger partial charge < -0.3 is 0 Å². The Labute approximate surface area is 120 Å². The first-order valence-corrected chi connectivity index (χ1v) is 6.27. The van der Waals surface area contributed by atoms with E-state index in [4.69, 9.17) is 0 Å². The zero-order chi connectivity index (χ0) is 14.5. The summed E-state index contributed by atoms with van der Waals surface area (Å²) >= 11 is 0. The second kappa shape index (κ2) is 5.87. The van der Waals surface area contributed by atoms with Gasteiger partial charge in [-0.05, 0) is 29.8 Å². The molecule has 0 aliphatic heterocycles. The number of nitrogens with zero attached hydrogens (tertiary/aromatic N) is 4. The number of rotatable bonds is 3. The number of nitrogens with one attached hydrogen (secondary N) is 1. The van der Waals surface area contributed by atoms with Crippen LogP contribution in [0.1, 0.15) is 15.9 Å². The minimum absolute atomic E-state index is 0.283. The zero-order valence-electron chi connectivity index (χ0n) is 11.0. The number of amides is 1. The summed E-state index contributed by atoms with van der Waals surface area (Å²) in [4.78, 5) is 24.0. The van der Waals surface area contributed by atoms with Gasteiger partial charge in [-0.1, -0.05) is 6.07 Å². The monoisotopic (exact) mass is 277 g/mol. The van der Waals surface area contributed by atoms with Gasteiger partial charge in [0.2, 0.25) is 0 Å². The fourth-order valence-electron chi connectivity index (χ4n) is 1.79. The van der Waals surface area contributed by atoms with Crippen LogP contribution in [0, 0.1) is 0 Å². The van der Waals surface area contributed by atoms with Gasteiger partial charge in [0.05, 0.1) is 17.2 Å². The highest BCUT2D eigenvalue weighted by Gasteiger charge is 2.02. The minimum atomic E-state index is -0.283. The molecule has 0 fully saturated rings. The number of carbonyl (C=O) groups excluding carboxylic acids is 1. The molecule has 0 unspecified atom stereocenters. The smallest absolute Gasteiger partial charge is 0.267 e. The molecule has 3 rings (SSSR count). The van der Waals surface area contributed by atoms with E-state index in [1.807, 2.05) is 18.2 Å². The summed E-state index contributed by atoms with van der Waals surface area (Å²) in [5.74, 6) is -0.283. The van der Waals surface area contributed by atoms with Gasteiger partial charge in [0.1, 0.15) is 0 Å². The van der Waals surface area contributed by atoms with E-state index in [1.165, 1.54) is 0 Å². The molecule has 21 heavy (non-hydrogen) atoms. The molecule has 1 aromatic carbocycles. The van der Waals surface area contributed by atoms with Gasteiger partial charge in [0, 0.05) is 30.4 Å². The van der Waals surface area contributed by atoms with Crippen molar-refractivity contribution in [2.24, 2.45) is 5.10 Å². The molecule has 6 nitrogen and oxygen atoms in total. The molecule has 1 amide bonds. The molecular formula is C15H11N5O. The van der Waals surface area contributed by atoms with Crippen LogP contribution in [-0.4, -0.2) is 27.1 Å². The average molecular weight is 277 g/mol. The Balaban J connectivity index is 1.71. The fraction of sp³-hybridized carbons (Fsp3) is 0. The van der Waals surface area contributed by atoms with Crippen molar-refractivity contribution in [1.82, 2.24) is 20.4 Å². The largest absolute Gasteiger partial charge is 0.271 e. The molecule has 0 spiro atoms. The van der Waals surface area contributed by atoms with Crippen molar-refractivity contribution in [2.75, 3.05) is 0 Å². The van der Waals surface area contributed by atoms with Crippen LogP contribution in [0.15, 0.2) is 60.2 Å². The molecule has 0 saturated heterocycles. The lowest BCUT2D eigenvalue weighted by Crippen LogP contribution is -2.17. The summed E-state index contributed by atoms with van der Waals surface area (Å²) in [6.07, 6.45) is 7.95. The summed E-state index contributed by atoms with van der Waals surface area (Å²) in [7, 11) is 0. The summed E-state index contributed by atoms with van der Waals surface area (Å²) in [6.45, 7) is 0. The van der Waals surface area contributed by atoms with Crippen molar-refractivity contribution < 1.29 is 4.79 Å². The Bertz CT molecular complexity index is 801. The predicted octanol–water partition coefficient (Wildman–Crippen LogP) is 1.79. The fourth-order valence-corrected chi connectivity index (χ4v) is 1.79. The highest BCUT2D eigenvalue weighted by Crippen LogP contribution is 2.09. The Kier molecular flexibility index (Phi) is 3.60. The lowest BCUT2D eigenvalue weighted by atomic mass is 10.2. The molecule has 0 bridgehead atoms. The lowest BCUT2D eigenvalue weighted by molar-refractivity contribution is 0.0955. The summed E-state index contributed by atoms with van der Waals surface area (Å²) in [6, 6.07) is 8.81. The molecule has 0 radical (unpaired) electrons. The van der Waals surface area contributed by atoms with E-state index in [1.54, 1.807) is 43.1 Å². The van der Waals surface area contributed by atoms with Crippen LogP contribution in [0.5, 0.6) is 0 Å². The van der Waals surface area contributed by atoms with E-state index in [9.17, 15) is 4.79 Å². The quantitative estimate of drug-likeness (QED) is 0.584. The molecule has 2 heterocycles. The second-order valence-electron chi connectivity index (χ2n) is 4.24. The van der Waals surface area contributed by atoms with Crippen LogP contribution in [0.3, 0.4) is 0 Å². The number of hydrazone groups is 1. The van der Waals surface area contributed by atoms with Crippen LogP contribution in [-0.2, 0) is 0 Å². The van der Waals surface area contributed by atoms with Crippen LogP contribution in [0.25, 0.3) is 11.0 Å². The molecule has 6 heteroatoms. The number of fused-ring (bicyclic) bond motifs is 1. The van der Waals surface area contributed by atoms with E-state index in [2.05, 4.69) is 25.5 Å². The van der Waals surface area contributed by atoms with Gasteiger partial charge in [0.15, 0.2) is 0 Å². The Hall–Kier alpha value is -3.15. The van der Waals surface area contributed by atoms with Crippen molar-refractivity contribution >= 4 is 23.2 Å². The van der Waals surface area contributed by atoms with Gasteiger partial charge in [-0.25, -0.2) is 5.43 Å². The number of hydrogen-bond donors (Lipinski definition) is 1. The van der Waals surface area contributed by atoms with Crippen LogP contribution in [0.2, 0.25) is 0 Å². The van der Waals surface area contributed by atoms with Crippen LogP contribution >= 0.6 is 0 Å². The first-order chi connectivity index (χ1) is 10.3. The zero-order valence-corrected chi connectivity index (χ0v) is 11.0. The van der Waals surface area contributed by atoms with E-state index in [0.29, 0.717) is 5.56 Å². The van der Waals surface area contributed by atoms with E-state index >= 15 is 0 Å². The molecule has 2 aromatic heterocycles. The van der Waals surface area contributed by atoms with Crippen molar-refractivity contribution in [2.45, 2.75) is 0 Å². The molecule has 0 aliphatic rings. The third-order valence-corrected chi connectivity index (χ3v) is 2.82. The molecule has 0 atom stereocenters. The van der Waals surface area contributed by atoms with Crippen molar-refractivity contribution in [3.8, 4) is 0 Å². The molecular weight excluding hydrogens is 266 g/mol. The number of carbonyl (C=O) groups is 1. The van der Waals surface area contributed by atoms with Crippen LogP contribution < -0.4 is 5.43 Å². The minimum Gasteiger partial charge on any atom is -0.267 e. The summed E-state index contributed by atoms with van der Waals surface area (Å²) in [5, 5.41) is 3.93. The van der Waals surface area contributed by atoms with Gasteiger partial charge in [-0.2, -0.15) is 5.10 Å². The van der Waals surface area contributed by atoms with E-state index < -0.39 is 0 Å². The van der Waals surface area contributed by atoms with Gasteiger partial charge >= 0.3 is 0 Å². The third kappa shape index (κ3) is 3.06. The normalized spacial score (nSPS) is 10.9. The number of benzene rings is 1. The van der Waals surface area contributed by atoms with E-state index in [-0.39, 0.29) is 5.91 Å². The Morgan fingerprint density at radius 2 is 1.76 bits per heavy atom. The van der Waals surface area contributed by atoms with Gasteiger partial charge in [0.25, 0.3) is 5.91 Å². The number of pyridine rings is 1. The van der Waals surface area contributed by atoms with Gasteiger partial charge in [-0.15, -0.1) is 0 Å². The maximum atomic E-state index is 11.8. The van der Waals surface area contributed by atoms with E-state index in [0.717, 1.165) is 16.6 Å². The van der Waals surface area contributed by atoms with Gasteiger partial charge in [-0.3, -0.25) is 19.7 Å². The summed E-state index contributed by atoms with van der Waals surface area (Å²) in [5.41, 5.74) is 5.39. The van der Waals surface area contributed by atoms with Crippen molar-refractivity contribution in [3.63, 3.8) is 0 Å². The standard InChI is InChI=1S/C15H11N5O/c21-15(12-3-5-16-6-4-12)20-19-10-11-1-2-13-14(9-11)18-8-7-17-13/h1-10H,(H,20,21)/b19-10-.